The molecule has 3 rings (SSSR count). The second kappa shape index (κ2) is 8.22. The number of nitrogens with one attached hydrogen (secondary N) is 1. The van der Waals surface area contributed by atoms with Crippen LogP contribution in [0.1, 0.15) is 5.56 Å². The number of aromatic nitrogens is 3. The van der Waals surface area contributed by atoms with Gasteiger partial charge in [0.15, 0.2) is 10.6 Å². The fourth-order valence-corrected chi connectivity index (χ4v) is 3.58. The maximum atomic E-state index is 10.2. The maximum absolute atomic E-state index is 10.2. The lowest BCUT2D eigenvalue weighted by Gasteiger charge is -2.09. The predicted molar refractivity (Wildman–Crippen MR) is 104 cm³/mol. The molecule has 0 unspecified atom stereocenters. The highest BCUT2D eigenvalue weighted by Gasteiger charge is 2.14. The van der Waals surface area contributed by atoms with Gasteiger partial charge in [0.05, 0.1) is 12.7 Å². The lowest BCUT2D eigenvalue weighted by atomic mass is 10.1. The average molecular weight is 374 g/mol. The molecule has 0 saturated carbocycles. The van der Waals surface area contributed by atoms with Crippen molar-refractivity contribution in [2.75, 3.05) is 12.9 Å². The number of H-pyrrole nitrogens is 1. The monoisotopic (exact) mass is 373 g/mol. The summed E-state index contributed by atoms with van der Waals surface area (Å²) in [6.07, 6.45) is 0. The number of hydrogen-bond donors (Lipinski definition) is 2. The largest absolute Gasteiger partial charge is 0.507 e. The van der Waals surface area contributed by atoms with E-state index in [1.54, 1.807) is 25.3 Å². The molecule has 0 spiro atoms. The summed E-state index contributed by atoms with van der Waals surface area (Å²) >= 11 is 7.18. The summed E-state index contributed by atoms with van der Waals surface area (Å²) in [5.74, 6) is 3.26. The second-order valence-electron chi connectivity index (χ2n) is 5.43. The third-order valence-electron chi connectivity index (χ3n) is 3.77. The maximum Gasteiger partial charge on any atom is 0.195 e. The molecular formula is C18H19N3O2S2. The van der Waals surface area contributed by atoms with E-state index in [-0.39, 0.29) is 5.75 Å². The number of aromatic amines is 1. The van der Waals surface area contributed by atoms with Crippen molar-refractivity contribution in [3.8, 4) is 22.9 Å². The molecule has 25 heavy (non-hydrogen) atoms. The van der Waals surface area contributed by atoms with Crippen LogP contribution in [0.5, 0.6) is 11.5 Å². The van der Waals surface area contributed by atoms with Crippen molar-refractivity contribution in [1.29, 1.82) is 0 Å². The van der Waals surface area contributed by atoms with Crippen LogP contribution in [0.2, 0.25) is 0 Å². The van der Waals surface area contributed by atoms with Gasteiger partial charge in [-0.3, -0.25) is 9.67 Å². The van der Waals surface area contributed by atoms with Gasteiger partial charge in [0.1, 0.15) is 11.5 Å². The Morgan fingerprint density at radius 1 is 1.24 bits per heavy atom. The molecule has 3 aromatic rings. The standard InChI is InChI=1S/C18H19N3O2S2/c1-23-14-7-8-16(22)15(11-14)17-19-20-18(24)21(17)9-10-25-12-13-5-3-2-4-6-13/h2-8,11,22H,9-10,12H2,1H3,(H,20,24). The molecule has 2 N–H and O–H groups in total. The van der Waals surface area contributed by atoms with Gasteiger partial charge in [-0.15, -0.1) is 0 Å². The minimum absolute atomic E-state index is 0.146. The normalized spacial score (nSPS) is 10.8. The minimum atomic E-state index is 0.146. The van der Waals surface area contributed by atoms with E-state index >= 15 is 0 Å². The SMILES string of the molecule is COc1ccc(O)c(-c2n[nH]c(=S)n2CCSCc2ccccc2)c1. The van der Waals surface area contributed by atoms with Crippen LogP contribution in [0, 0.1) is 4.77 Å². The summed E-state index contributed by atoms with van der Waals surface area (Å²) in [4.78, 5) is 0. The van der Waals surface area contributed by atoms with Gasteiger partial charge >= 0.3 is 0 Å². The van der Waals surface area contributed by atoms with E-state index in [9.17, 15) is 5.11 Å². The van der Waals surface area contributed by atoms with Crippen LogP contribution in [0.4, 0.5) is 0 Å². The predicted octanol–water partition coefficient (Wildman–Crippen LogP) is 4.26. The number of ether oxygens (including phenoxy) is 1. The van der Waals surface area contributed by atoms with E-state index in [1.165, 1.54) is 5.56 Å². The van der Waals surface area contributed by atoms with Crippen molar-refractivity contribution in [3.05, 3.63) is 58.9 Å². The summed E-state index contributed by atoms with van der Waals surface area (Å²) in [6, 6.07) is 15.4. The number of nitrogens with zero attached hydrogens (tertiary/aromatic N) is 2. The third-order valence-corrected chi connectivity index (χ3v) is 5.09. The third kappa shape index (κ3) is 4.24. The smallest absolute Gasteiger partial charge is 0.195 e. The van der Waals surface area contributed by atoms with Crippen LogP contribution < -0.4 is 4.74 Å². The number of phenolic OH excluding ortho intramolecular Hbond substituents is 1. The van der Waals surface area contributed by atoms with Crippen LogP contribution in [0.25, 0.3) is 11.4 Å². The Bertz CT molecular complexity index is 891. The fourth-order valence-electron chi connectivity index (χ4n) is 2.47. The molecule has 5 nitrogen and oxygen atoms in total. The molecule has 0 aliphatic heterocycles. The number of rotatable bonds is 7. The van der Waals surface area contributed by atoms with E-state index in [1.807, 2.05) is 34.5 Å². The lowest BCUT2D eigenvalue weighted by Crippen LogP contribution is -2.04. The van der Waals surface area contributed by atoms with Crippen molar-refractivity contribution < 1.29 is 9.84 Å². The molecular weight excluding hydrogens is 354 g/mol. The molecule has 0 radical (unpaired) electrons. The van der Waals surface area contributed by atoms with Crippen LogP contribution in [0.15, 0.2) is 48.5 Å². The molecule has 0 saturated heterocycles. The van der Waals surface area contributed by atoms with Gasteiger partial charge in [-0.2, -0.15) is 16.9 Å². The molecule has 2 aromatic carbocycles. The van der Waals surface area contributed by atoms with Crippen molar-refractivity contribution in [3.63, 3.8) is 0 Å². The van der Waals surface area contributed by atoms with Gasteiger partial charge < -0.3 is 9.84 Å². The Balaban J connectivity index is 1.73. The number of phenols is 1. The Morgan fingerprint density at radius 2 is 2.04 bits per heavy atom. The van der Waals surface area contributed by atoms with E-state index in [0.29, 0.717) is 28.5 Å². The molecule has 0 bridgehead atoms. The quantitative estimate of drug-likeness (QED) is 0.479. The number of thioether (sulfide) groups is 1. The highest BCUT2D eigenvalue weighted by atomic mass is 32.2. The van der Waals surface area contributed by atoms with E-state index in [2.05, 4.69) is 22.3 Å². The van der Waals surface area contributed by atoms with Gasteiger partial charge in [-0.1, -0.05) is 30.3 Å². The minimum Gasteiger partial charge on any atom is -0.507 e. The van der Waals surface area contributed by atoms with Gasteiger partial charge in [0, 0.05) is 18.1 Å². The number of benzene rings is 2. The van der Waals surface area contributed by atoms with Gasteiger partial charge in [0.2, 0.25) is 0 Å². The molecule has 130 valence electrons. The summed E-state index contributed by atoms with van der Waals surface area (Å²) in [6.45, 7) is 0.707. The van der Waals surface area contributed by atoms with Crippen LogP contribution in [0.3, 0.4) is 0 Å². The van der Waals surface area contributed by atoms with Gasteiger partial charge in [-0.25, -0.2) is 0 Å². The highest BCUT2D eigenvalue weighted by molar-refractivity contribution is 7.98. The number of methoxy groups -OCH3 is 1. The van der Waals surface area contributed by atoms with Crippen LogP contribution in [-0.2, 0) is 12.3 Å². The summed E-state index contributed by atoms with van der Waals surface area (Å²) in [5, 5.41) is 17.3. The first-order chi connectivity index (χ1) is 12.2. The first-order valence-electron chi connectivity index (χ1n) is 7.83. The van der Waals surface area contributed by atoms with Crippen LogP contribution in [-0.4, -0.2) is 32.7 Å². The van der Waals surface area contributed by atoms with Crippen LogP contribution >= 0.6 is 24.0 Å². The van der Waals surface area contributed by atoms with Crippen molar-refractivity contribution in [2.45, 2.75) is 12.3 Å². The molecule has 0 aliphatic carbocycles. The Labute approximate surface area is 155 Å². The average Bonchev–Trinajstić information content (AvgIpc) is 3.00. The summed E-state index contributed by atoms with van der Waals surface area (Å²) < 4.78 is 7.68. The highest BCUT2D eigenvalue weighted by Crippen LogP contribution is 2.31. The molecule has 1 heterocycles. The van der Waals surface area contributed by atoms with E-state index in [0.717, 1.165) is 11.5 Å². The Morgan fingerprint density at radius 3 is 2.80 bits per heavy atom. The van der Waals surface area contributed by atoms with Gasteiger partial charge in [-0.05, 0) is 36.0 Å². The topological polar surface area (TPSA) is 63.1 Å². The molecule has 0 aliphatic rings. The second-order valence-corrected chi connectivity index (χ2v) is 6.92. The zero-order valence-electron chi connectivity index (χ0n) is 13.8. The molecule has 0 amide bonds. The number of aromatic hydroxyl groups is 1. The zero-order valence-corrected chi connectivity index (χ0v) is 15.4. The number of hydrogen-bond acceptors (Lipinski definition) is 5. The Kier molecular flexibility index (Phi) is 5.78. The Hall–Kier alpha value is -2.25. The lowest BCUT2D eigenvalue weighted by molar-refractivity contribution is 0.412. The molecule has 7 heteroatoms. The first kappa shape index (κ1) is 17.6. The first-order valence-corrected chi connectivity index (χ1v) is 9.39. The summed E-state index contributed by atoms with van der Waals surface area (Å²) in [7, 11) is 1.59. The van der Waals surface area contributed by atoms with E-state index < -0.39 is 0 Å². The van der Waals surface area contributed by atoms with Crippen molar-refractivity contribution >= 4 is 24.0 Å². The van der Waals surface area contributed by atoms with Gasteiger partial charge in [0.25, 0.3) is 0 Å². The van der Waals surface area contributed by atoms with E-state index in [4.69, 9.17) is 17.0 Å². The fraction of sp³-hybridized carbons (Fsp3) is 0.222. The molecule has 1 aromatic heterocycles. The zero-order chi connectivity index (χ0) is 17.6. The van der Waals surface area contributed by atoms with Crippen molar-refractivity contribution in [2.24, 2.45) is 0 Å². The molecule has 0 fully saturated rings. The van der Waals surface area contributed by atoms with Crippen molar-refractivity contribution in [1.82, 2.24) is 14.8 Å². The summed E-state index contributed by atoms with van der Waals surface area (Å²) in [5.41, 5.74) is 1.90. The molecule has 0 atom stereocenters.